The predicted molar refractivity (Wildman–Crippen MR) is 109 cm³/mol. The minimum absolute atomic E-state index is 0.130. The number of para-hydroxylation sites is 1. The summed E-state index contributed by atoms with van der Waals surface area (Å²) >= 11 is 0. The number of amides is 2. The van der Waals surface area contributed by atoms with E-state index in [9.17, 15) is 9.59 Å². The summed E-state index contributed by atoms with van der Waals surface area (Å²) in [6.45, 7) is 7.85. The average Bonchev–Trinajstić information content (AvgIpc) is 2.59. The average molecular weight is 370 g/mol. The smallest absolute Gasteiger partial charge is 0.253 e. The molecule has 26 heavy (non-hydrogen) atoms. The number of nitrogens with one attached hydrogen (secondary N) is 2. The fourth-order valence-electron chi connectivity index (χ4n) is 2.55. The number of primary amides is 1. The van der Waals surface area contributed by atoms with Gasteiger partial charge in [0.15, 0.2) is 0 Å². The molecule has 2 aromatic carbocycles. The predicted octanol–water partition coefficient (Wildman–Crippen LogP) is 2.45. The van der Waals surface area contributed by atoms with Crippen LogP contribution in [0.1, 0.15) is 22.3 Å². The molecule has 5 nitrogen and oxygen atoms in total. The molecule has 2 amide bonds. The van der Waals surface area contributed by atoms with Gasteiger partial charge in [0.05, 0.1) is 13.6 Å². The Kier molecular flexibility index (Phi) is 6.57. The van der Waals surface area contributed by atoms with E-state index in [0.29, 0.717) is 12.1 Å². The van der Waals surface area contributed by atoms with Gasteiger partial charge in [0.1, 0.15) is 0 Å². The molecular weight excluding hydrogens is 342 g/mol. The molecule has 0 unspecified atom stereocenters. The Morgan fingerprint density at radius 2 is 1.65 bits per heavy atom. The summed E-state index contributed by atoms with van der Waals surface area (Å²) in [4.78, 5) is 23.1. The molecule has 2 aromatic rings. The highest BCUT2D eigenvalue weighted by atomic mass is 28.3. The van der Waals surface area contributed by atoms with E-state index >= 15 is 0 Å². The highest BCUT2D eigenvalue weighted by Gasteiger charge is 2.15. The molecule has 4 N–H and O–H groups in total. The van der Waals surface area contributed by atoms with Gasteiger partial charge in [0.25, 0.3) is 5.91 Å². The molecule has 0 saturated heterocycles. The number of carbonyl (C=O) groups excluding carboxylic acids is 2. The molecule has 6 heteroatoms. The summed E-state index contributed by atoms with van der Waals surface area (Å²) in [5, 5.41) is 7.47. The van der Waals surface area contributed by atoms with Crippen LogP contribution in [0.25, 0.3) is 0 Å². The minimum Gasteiger partial charge on any atom is -0.380 e. The van der Waals surface area contributed by atoms with Crippen molar-refractivity contribution in [3.05, 3.63) is 59.7 Å². The molecule has 0 radical (unpaired) electrons. The first-order valence-corrected chi connectivity index (χ1v) is 12.3. The lowest BCUT2D eigenvalue weighted by molar-refractivity contribution is -0.117. The van der Waals surface area contributed by atoms with Crippen LogP contribution in [-0.4, -0.2) is 26.4 Å². The summed E-state index contributed by atoms with van der Waals surface area (Å²) in [5.74, 6) is -0.651. The third-order valence-electron chi connectivity index (χ3n) is 4.13. The number of hydrogen-bond acceptors (Lipinski definition) is 3. The van der Waals surface area contributed by atoms with E-state index in [1.807, 2.05) is 18.2 Å². The number of carbonyl (C=O) groups is 2. The molecule has 138 valence electrons. The third kappa shape index (κ3) is 5.74. The van der Waals surface area contributed by atoms with Gasteiger partial charge in [0.2, 0.25) is 5.91 Å². The SMILES string of the molecule is C[Si](C)(C)c1ccc(CNc2ccccc2C(=O)NCCC(N)=O)cc1. The summed E-state index contributed by atoms with van der Waals surface area (Å²) in [6.07, 6.45) is 0.130. The maximum Gasteiger partial charge on any atom is 0.253 e. The van der Waals surface area contributed by atoms with Crippen LogP contribution in [0.15, 0.2) is 48.5 Å². The van der Waals surface area contributed by atoms with E-state index in [-0.39, 0.29) is 18.9 Å². The Morgan fingerprint density at radius 1 is 1.00 bits per heavy atom. The lowest BCUT2D eigenvalue weighted by atomic mass is 10.1. The molecule has 0 atom stereocenters. The number of anilines is 1. The van der Waals surface area contributed by atoms with Crippen LogP contribution in [0.4, 0.5) is 5.69 Å². The van der Waals surface area contributed by atoms with Crippen molar-refractivity contribution < 1.29 is 9.59 Å². The monoisotopic (exact) mass is 369 g/mol. The van der Waals surface area contributed by atoms with Gasteiger partial charge < -0.3 is 16.4 Å². The largest absolute Gasteiger partial charge is 0.380 e. The van der Waals surface area contributed by atoms with Gasteiger partial charge in [-0.1, -0.05) is 61.2 Å². The number of benzene rings is 2. The Balaban J connectivity index is 2.01. The maximum absolute atomic E-state index is 12.3. The van der Waals surface area contributed by atoms with Crippen molar-refractivity contribution in [2.75, 3.05) is 11.9 Å². The molecular formula is C20H27N3O2Si. The normalized spacial score (nSPS) is 11.0. The maximum atomic E-state index is 12.3. The first-order chi connectivity index (χ1) is 12.3. The molecule has 0 aromatic heterocycles. The van der Waals surface area contributed by atoms with Gasteiger partial charge in [-0.05, 0) is 17.7 Å². The van der Waals surface area contributed by atoms with Gasteiger partial charge in [-0.3, -0.25) is 9.59 Å². The highest BCUT2D eigenvalue weighted by molar-refractivity contribution is 6.88. The molecule has 0 heterocycles. The number of hydrogen-bond donors (Lipinski definition) is 3. The van der Waals surface area contributed by atoms with Crippen molar-refractivity contribution in [1.82, 2.24) is 5.32 Å². The van der Waals surface area contributed by atoms with E-state index in [1.165, 1.54) is 5.19 Å². The van der Waals surface area contributed by atoms with Crippen LogP contribution < -0.4 is 21.6 Å². The topological polar surface area (TPSA) is 84.2 Å². The van der Waals surface area contributed by atoms with E-state index in [0.717, 1.165) is 11.3 Å². The number of rotatable bonds is 8. The quantitative estimate of drug-likeness (QED) is 0.625. The van der Waals surface area contributed by atoms with Crippen LogP contribution in [0.2, 0.25) is 19.6 Å². The molecule has 2 rings (SSSR count). The van der Waals surface area contributed by atoms with E-state index in [1.54, 1.807) is 6.07 Å². The van der Waals surface area contributed by atoms with Crippen LogP contribution in [0.5, 0.6) is 0 Å². The second-order valence-corrected chi connectivity index (χ2v) is 12.4. The van der Waals surface area contributed by atoms with E-state index in [2.05, 4.69) is 54.5 Å². The van der Waals surface area contributed by atoms with Crippen molar-refractivity contribution in [1.29, 1.82) is 0 Å². The lowest BCUT2D eigenvalue weighted by Gasteiger charge is -2.17. The summed E-state index contributed by atoms with van der Waals surface area (Å²) in [7, 11) is -1.29. The van der Waals surface area contributed by atoms with Crippen LogP contribution >= 0.6 is 0 Å². The van der Waals surface area contributed by atoms with E-state index in [4.69, 9.17) is 5.73 Å². The molecule has 0 fully saturated rings. The van der Waals surface area contributed by atoms with Gasteiger partial charge in [-0.2, -0.15) is 0 Å². The Labute approximate surface area is 156 Å². The van der Waals surface area contributed by atoms with E-state index < -0.39 is 14.0 Å². The molecule has 0 aliphatic rings. The van der Waals surface area contributed by atoms with Crippen molar-refractivity contribution >= 4 is 30.8 Å². The zero-order valence-electron chi connectivity index (χ0n) is 15.6. The standard InChI is InChI=1S/C20H27N3O2Si/c1-26(2,3)16-10-8-15(9-11-16)14-23-18-7-5-4-6-17(18)20(25)22-13-12-19(21)24/h4-11,23H,12-14H2,1-3H3,(H2,21,24)(H,22,25). The van der Waals surface area contributed by atoms with Crippen molar-refractivity contribution in [3.63, 3.8) is 0 Å². The summed E-state index contributed by atoms with van der Waals surface area (Å²) in [6, 6.07) is 16.0. The summed E-state index contributed by atoms with van der Waals surface area (Å²) in [5.41, 5.74) is 7.57. The molecule has 0 saturated carbocycles. The van der Waals surface area contributed by atoms with Crippen molar-refractivity contribution in [2.24, 2.45) is 5.73 Å². The van der Waals surface area contributed by atoms with Crippen molar-refractivity contribution in [3.8, 4) is 0 Å². The molecule has 0 aliphatic heterocycles. The highest BCUT2D eigenvalue weighted by Crippen LogP contribution is 2.16. The van der Waals surface area contributed by atoms with Gasteiger partial charge in [-0.25, -0.2) is 0 Å². The van der Waals surface area contributed by atoms with Crippen molar-refractivity contribution in [2.45, 2.75) is 32.6 Å². The fourth-order valence-corrected chi connectivity index (χ4v) is 3.72. The van der Waals surface area contributed by atoms with Crippen LogP contribution in [0, 0.1) is 0 Å². The molecule has 0 bridgehead atoms. The molecule has 0 aliphatic carbocycles. The van der Waals surface area contributed by atoms with Gasteiger partial charge in [0, 0.05) is 25.2 Å². The zero-order valence-corrected chi connectivity index (χ0v) is 16.6. The second kappa shape index (κ2) is 8.67. The Hall–Kier alpha value is -2.60. The minimum atomic E-state index is -1.29. The fraction of sp³-hybridized carbons (Fsp3) is 0.300. The zero-order chi connectivity index (χ0) is 19.2. The number of nitrogens with two attached hydrogens (primary N) is 1. The van der Waals surface area contributed by atoms with Crippen LogP contribution in [-0.2, 0) is 11.3 Å². The lowest BCUT2D eigenvalue weighted by Crippen LogP contribution is -2.37. The Morgan fingerprint density at radius 3 is 2.27 bits per heavy atom. The van der Waals surface area contributed by atoms with Crippen LogP contribution in [0.3, 0.4) is 0 Å². The third-order valence-corrected chi connectivity index (χ3v) is 6.20. The van der Waals surface area contributed by atoms with Gasteiger partial charge in [-0.15, -0.1) is 0 Å². The summed E-state index contributed by atoms with van der Waals surface area (Å²) < 4.78 is 0. The Bertz CT molecular complexity index is 767. The van der Waals surface area contributed by atoms with Gasteiger partial charge >= 0.3 is 0 Å². The second-order valence-electron chi connectivity index (χ2n) is 7.32. The molecule has 0 spiro atoms. The first kappa shape index (κ1) is 19.7. The first-order valence-electron chi connectivity index (χ1n) is 8.76.